The van der Waals surface area contributed by atoms with Crippen molar-refractivity contribution in [1.82, 2.24) is 19.9 Å². The average Bonchev–Trinajstić information content (AvgIpc) is 3.18. The predicted molar refractivity (Wildman–Crippen MR) is 136 cm³/mol. The number of nitrogen functional groups attached to an aromatic ring is 1. The topological polar surface area (TPSA) is 97.9 Å². The van der Waals surface area contributed by atoms with Gasteiger partial charge in [0.25, 0.3) is 0 Å². The number of carbonyl (C=O) groups is 1. The fourth-order valence-corrected chi connectivity index (χ4v) is 4.18. The Morgan fingerprint density at radius 2 is 1.85 bits per heavy atom. The molecule has 2 heterocycles. The molecule has 2 aromatic heterocycles. The second kappa shape index (κ2) is 10.5. The number of urea groups is 1. The number of benzene rings is 2. The number of amides is 2. The Balaban J connectivity index is 1.44. The second-order valence-corrected chi connectivity index (χ2v) is 8.47. The summed E-state index contributed by atoms with van der Waals surface area (Å²) in [5, 5.41) is 7.26. The smallest absolute Gasteiger partial charge is 0.319 e. The summed E-state index contributed by atoms with van der Waals surface area (Å²) in [6.07, 6.45) is 4.80. The van der Waals surface area contributed by atoms with Crippen LogP contribution in [0.2, 0.25) is 5.02 Å². The molecule has 0 bridgehead atoms. The van der Waals surface area contributed by atoms with E-state index in [0.29, 0.717) is 23.1 Å². The molecular weight excluding hydrogens is 436 g/mol. The minimum absolute atomic E-state index is 0.260. The van der Waals surface area contributed by atoms with Gasteiger partial charge in [-0.1, -0.05) is 55.3 Å². The molecule has 4 N–H and O–H groups in total. The molecule has 8 heteroatoms. The fourth-order valence-electron chi connectivity index (χ4n) is 4.00. The number of aryl methyl sites for hydroxylation is 2. The number of carbonyl (C=O) groups excluding carboxylic acids is 1. The summed E-state index contributed by atoms with van der Waals surface area (Å²) in [7, 11) is 0. The van der Waals surface area contributed by atoms with Crippen LogP contribution in [0.15, 0.2) is 48.5 Å². The van der Waals surface area contributed by atoms with Gasteiger partial charge < -0.3 is 20.9 Å². The van der Waals surface area contributed by atoms with E-state index in [0.717, 1.165) is 66.4 Å². The van der Waals surface area contributed by atoms with E-state index in [1.54, 1.807) is 12.1 Å². The van der Waals surface area contributed by atoms with Gasteiger partial charge in [0, 0.05) is 24.9 Å². The lowest BCUT2D eigenvalue weighted by molar-refractivity contribution is 0.252. The number of hydrogen-bond donors (Lipinski definition) is 3. The fraction of sp³-hybridized carbons (Fsp3) is 0.320. The number of nitrogens with zero attached hydrogens (tertiary/aromatic N) is 3. The first-order valence-corrected chi connectivity index (χ1v) is 11.8. The Labute approximate surface area is 198 Å². The van der Waals surface area contributed by atoms with Gasteiger partial charge in [0.1, 0.15) is 11.3 Å². The van der Waals surface area contributed by atoms with Gasteiger partial charge in [0.2, 0.25) is 0 Å². The molecule has 0 saturated carbocycles. The van der Waals surface area contributed by atoms with Gasteiger partial charge >= 0.3 is 6.03 Å². The Bertz CT molecular complexity index is 1270. The van der Waals surface area contributed by atoms with E-state index in [2.05, 4.69) is 33.2 Å². The van der Waals surface area contributed by atoms with Crippen molar-refractivity contribution in [2.24, 2.45) is 0 Å². The number of hydrogen-bond acceptors (Lipinski definition) is 4. The molecule has 0 atom stereocenters. The van der Waals surface area contributed by atoms with E-state index in [4.69, 9.17) is 22.3 Å². The summed E-state index contributed by atoms with van der Waals surface area (Å²) < 4.78 is 2.29. The first-order valence-electron chi connectivity index (χ1n) is 11.4. The average molecular weight is 465 g/mol. The highest BCUT2D eigenvalue weighted by atomic mass is 35.5. The van der Waals surface area contributed by atoms with Crippen molar-refractivity contribution in [3.05, 3.63) is 59.4 Å². The number of unbranched alkanes of at least 4 members (excludes halogenated alkanes) is 2. The van der Waals surface area contributed by atoms with Crippen molar-refractivity contribution in [3.8, 4) is 0 Å². The molecule has 0 aliphatic carbocycles. The molecule has 0 aliphatic heterocycles. The van der Waals surface area contributed by atoms with Crippen LogP contribution in [0.3, 0.4) is 0 Å². The van der Waals surface area contributed by atoms with Crippen LogP contribution in [0, 0.1) is 0 Å². The molecular formula is C25H29ClN6O. The summed E-state index contributed by atoms with van der Waals surface area (Å²) in [4.78, 5) is 21.6. The van der Waals surface area contributed by atoms with Crippen molar-refractivity contribution < 1.29 is 4.79 Å². The third kappa shape index (κ3) is 5.20. The van der Waals surface area contributed by atoms with Crippen LogP contribution in [0.1, 0.15) is 38.4 Å². The van der Waals surface area contributed by atoms with E-state index >= 15 is 0 Å². The standard InChI is InChI=1S/C25H29ClN6O/c1-2-3-14-21-31-22-23(17-10-4-6-12-19(17)29-24(22)27)32(21)16-9-8-15-28-25(33)30-20-13-7-5-11-18(20)26/h4-7,10-13H,2-3,8-9,14-16H2,1H3,(H2,27,29)(H2,28,30,33). The SMILES string of the molecule is CCCCc1nc2c(N)nc3ccccc3c2n1CCCCNC(=O)Nc1ccccc1Cl. The highest BCUT2D eigenvalue weighted by Crippen LogP contribution is 2.29. The lowest BCUT2D eigenvalue weighted by atomic mass is 10.2. The molecule has 0 spiro atoms. The number of imidazole rings is 1. The zero-order valence-electron chi connectivity index (χ0n) is 18.8. The zero-order chi connectivity index (χ0) is 23.2. The molecule has 4 rings (SSSR count). The highest BCUT2D eigenvalue weighted by molar-refractivity contribution is 6.33. The summed E-state index contributed by atoms with van der Waals surface area (Å²) in [6, 6.07) is 15.0. The first-order chi connectivity index (χ1) is 16.1. The van der Waals surface area contributed by atoms with Crippen LogP contribution in [0.4, 0.5) is 16.3 Å². The van der Waals surface area contributed by atoms with E-state index in [1.807, 2.05) is 30.3 Å². The van der Waals surface area contributed by atoms with Crippen LogP contribution < -0.4 is 16.4 Å². The van der Waals surface area contributed by atoms with E-state index in [-0.39, 0.29) is 6.03 Å². The van der Waals surface area contributed by atoms with Gasteiger partial charge in [-0.15, -0.1) is 0 Å². The van der Waals surface area contributed by atoms with Crippen LogP contribution in [-0.2, 0) is 13.0 Å². The minimum atomic E-state index is -0.260. The largest absolute Gasteiger partial charge is 0.382 e. The van der Waals surface area contributed by atoms with E-state index < -0.39 is 0 Å². The number of pyridine rings is 1. The molecule has 4 aromatic rings. The molecule has 7 nitrogen and oxygen atoms in total. The number of rotatable bonds is 9. The Kier molecular flexibility index (Phi) is 7.29. The highest BCUT2D eigenvalue weighted by Gasteiger charge is 2.16. The lowest BCUT2D eigenvalue weighted by Gasteiger charge is -2.12. The molecule has 2 aromatic carbocycles. The Hall–Kier alpha value is -3.32. The van der Waals surface area contributed by atoms with E-state index in [1.165, 1.54) is 0 Å². The molecule has 2 amide bonds. The van der Waals surface area contributed by atoms with Crippen molar-refractivity contribution in [1.29, 1.82) is 0 Å². The Morgan fingerprint density at radius 1 is 1.06 bits per heavy atom. The Morgan fingerprint density at radius 3 is 2.67 bits per heavy atom. The van der Waals surface area contributed by atoms with Gasteiger partial charge in [-0.2, -0.15) is 0 Å². The van der Waals surface area contributed by atoms with Crippen molar-refractivity contribution in [2.45, 2.75) is 45.6 Å². The first kappa shape index (κ1) is 22.9. The number of nitrogens with one attached hydrogen (secondary N) is 2. The quantitative estimate of drug-likeness (QED) is 0.274. The molecule has 0 saturated heterocycles. The van der Waals surface area contributed by atoms with Crippen molar-refractivity contribution in [3.63, 3.8) is 0 Å². The maximum Gasteiger partial charge on any atom is 0.319 e. The summed E-state index contributed by atoms with van der Waals surface area (Å²) in [6.45, 7) is 3.55. The summed E-state index contributed by atoms with van der Waals surface area (Å²) in [5.74, 6) is 1.51. The molecule has 33 heavy (non-hydrogen) atoms. The van der Waals surface area contributed by atoms with E-state index in [9.17, 15) is 4.79 Å². The number of aromatic nitrogens is 3. The summed E-state index contributed by atoms with van der Waals surface area (Å²) in [5.41, 5.74) is 9.57. The second-order valence-electron chi connectivity index (χ2n) is 8.06. The van der Waals surface area contributed by atoms with Gasteiger partial charge in [-0.05, 0) is 37.5 Å². The predicted octanol–water partition coefficient (Wildman–Crippen LogP) is 5.76. The van der Waals surface area contributed by atoms with Crippen LogP contribution in [0.25, 0.3) is 21.9 Å². The normalized spacial score (nSPS) is 11.2. The number of nitrogens with two attached hydrogens (primary N) is 1. The third-order valence-corrected chi connectivity index (χ3v) is 5.99. The van der Waals surface area contributed by atoms with Crippen LogP contribution in [-0.4, -0.2) is 27.1 Å². The maximum absolute atomic E-state index is 12.2. The number of fused-ring (bicyclic) bond motifs is 3. The van der Waals surface area contributed by atoms with Gasteiger partial charge in [0.15, 0.2) is 5.82 Å². The zero-order valence-corrected chi connectivity index (χ0v) is 19.5. The molecule has 0 radical (unpaired) electrons. The lowest BCUT2D eigenvalue weighted by Crippen LogP contribution is -2.29. The molecule has 172 valence electrons. The van der Waals surface area contributed by atoms with Crippen molar-refractivity contribution in [2.75, 3.05) is 17.6 Å². The molecule has 0 unspecified atom stereocenters. The van der Waals surface area contributed by atoms with Crippen LogP contribution >= 0.6 is 11.6 Å². The minimum Gasteiger partial charge on any atom is -0.382 e. The van der Waals surface area contributed by atoms with Gasteiger partial charge in [-0.25, -0.2) is 14.8 Å². The number of anilines is 2. The maximum atomic E-state index is 12.2. The van der Waals surface area contributed by atoms with Crippen LogP contribution in [0.5, 0.6) is 0 Å². The third-order valence-electron chi connectivity index (χ3n) is 5.66. The van der Waals surface area contributed by atoms with Crippen molar-refractivity contribution >= 4 is 51.1 Å². The molecule has 0 fully saturated rings. The van der Waals surface area contributed by atoms with Gasteiger partial charge in [0.05, 0.1) is 21.7 Å². The summed E-state index contributed by atoms with van der Waals surface area (Å²) >= 11 is 6.10. The number of halogens is 1. The van der Waals surface area contributed by atoms with Gasteiger partial charge in [-0.3, -0.25) is 0 Å². The number of para-hydroxylation sites is 2. The monoisotopic (exact) mass is 464 g/mol. The molecule has 0 aliphatic rings.